The Morgan fingerprint density at radius 3 is 2.06 bits per heavy atom. The summed E-state index contributed by atoms with van der Waals surface area (Å²) in [6.45, 7) is 7.58. The van der Waals surface area contributed by atoms with Crippen LogP contribution in [0.25, 0.3) is 0 Å². The van der Waals surface area contributed by atoms with Crippen LogP contribution in [0.2, 0.25) is 0 Å². The Hall–Kier alpha value is 0.280. The molecule has 0 radical (unpaired) electrons. The van der Waals surface area contributed by atoms with Gasteiger partial charge in [0.1, 0.15) is 18.3 Å². The lowest BCUT2D eigenvalue weighted by Gasteiger charge is -2.36. The molecule has 0 aromatic carbocycles. The predicted octanol–water partition coefficient (Wildman–Crippen LogP) is 1.78. The molecule has 6 heteroatoms. The first-order chi connectivity index (χ1) is 8.31. The van der Waals surface area contributed by atoms with Crippen molar-refractivity contribution in [2.45, 2.75) is 70.0 Å². The molecule has 3 aliphatic rings. The van der Waals surface area contributed by atoms with Crippen LogP contribution in [0.1, 0.15) is 27.7 Å². The molecule has 0 aromatic rings. The van der Waals surface area contributed by atoms with E-state index in [1.807, 2.05) is 27.7 Å². The molecule has 3 aliphatic heterocycles. The number of rotatable bonds is 1. The third kappa shape index (κ3) is 2.13. The predicted molar refractivity (Wildman–Crippen MR) is 66.3 cm³/mol. The van der Waals surface area contributed by atoms with Gasteiger partial charge in [0.2, 0.25) is 0 Å². The standard InChI is InChI=1S/C12H19BrO5/c1-11(2)15-7-6(5-13)14-10-9(8(7)16-11)17-12(3,4)18-10/h6-10H,5H2,1-4H3/t6-,7-,8-,9+,10+/m0/s1. The topological polar surface area (TPSA) is 46.2 Å². The molecule has 0 aliphatic carbocycles. The summed E-state index contributed by atoms with van der Waals surface area (Å²) in [7, 11) is 0. The molecule has 0 aromatic heterocycles. The van der Waals surface area contributed by atoms with Crippen molar-refractivity contribution in [3.63, 3.8) is 0 Å². The molecule has 0 spiro atoms. The zero-order valence-electron chi connectivity index (χ0n) is 11.0. The van der Waals surface area contributed by atoms with Gasteiger partial charge in [0.05, 0.1) is 6.10 Å². The number of hydrogen-bond acceptors (Lipinski definition) is 5. The van der Waals surface area contributed by atoms with Crippen molar-refractivity contribution < 1.29 is 23.7 Å². The van der Waals surface area contributed by atoms with Crippen LogP contribution in [0.4, 0.5) is 0 Å². The lowest BCUT2D eigenvalue weighted by molar-refractivity contribution is -0.227. The van der Waals surface area contributed by atoms with Gasteiger partial charge in [-0.3, -0.25) is 0 Å². The van der Waals surface area contributed by atoms with Crippen LogP contribution in [-0.4, -0.2) is 47.6 Å². The van der Waals surface area contributed by atoms with E-state index in [1.54, 1.807) is 0 Å². The van der Waals surface area contributed by atoms with Gasteiger partial charge in [-0.2, -0.15) is 0 Å². The number of alkyl halides is 1. The molecular formula is C12H19BrO5. The zero-order chi connectivity index (χ0) is 13.1. The Kier molecular flexibility index (Phi) is 3.05. The van der Waals surface area contributed by atoms with E-state index in [1.165, 1.54) is 0 Å². The van der Waals surface area contributed by atoms with Gasteiger partial charge < -0.3 is 23.7 Å². The second-order valence-corrected chi connectivity index (χ2v) is 6.51. The summed E-state index contributed by atoms with van der Waals surface area (Å²) in [4.78, 5) is 0. The Morgan fingerprint density at radius 2 is 1.39 bits per heavy atom. The Balaban J connectivity index is 1.86. The average Bonchev–Trinajstić information content (AvgIpc) is 2.71. The van der Waals surface area contributed by atoms with Gasteiger partial charge in [0.25, 0.3) is 0 Å². The van der Waals surface area contributed by atoms with E-state index in [2.05, 4.69) is 15.9 Å². The van der Waals surface area contributed by atoms with Gasteiger partial charge in [-0.25, -0.2) is 0 Å². The Bertz CT molecular complexity index is 345. The first kappa shape index (κ1) is 13.3. The van der Waals surface area contributed by atoms with Crippen LogP contribution in [0.3, 0.4) is 0 Å². The number of hydrogen-bond donors (Lipinski definition) is 0. The van der Waals surface area contributed by atoms with E-state index >= 15 is 0 Å². The fourth-order valence-corrected chi connectivity index (χ4v) is 3.34. The van der Waals surface area contributed by atoms with Crippen LogP contribution < -0.4 is 0 Å². The number of fused-ring (bicyclic) bond motifs is 3. The molecule has 0 amide bonds. The van der Waals surface area contributed by atoms with Crippen LogP contribution >= 0.6 is 15.9 Å². The van der Waals surface area contributed by atoms with Crippen molar-refractivity contribution in [2.75, 3.05) is 5.33 Å². The second-order valence-electron chi connectivity index (χ2n) is 5.86. The van der Waals surface area contributed by atoms with E-state index in [-0.39, 0.29) is 30.7 Å². The molecule has 0 unspecified atom stereocenters. The van der Waals surface area contributed by atoms with Gasteiger partial charge in [-0.15, -0.1) is 0 Å². The molecule has 104 valence electrons. The third-order valence-corrected chi connectivity index (χ3v) is 4.04. The van der Waals surface area contributed by atoms with Crippen molar-refractivity contribution in [3.05, 3.63) is 0 Å². The number of halogens is 1. The van der Waals surface area contributed by atoms with E-state index in [0.717, 1.165) is 0 Å². The summed E-state index contributed by atoms with van der Waals surface area (Å²) >= 11 is 3.45. The summed E-state index contributed by atoms with van der Waals surface area (Å²) in [5.41, 5.74) is 0. The highest BCUT2D eigenvalue weighted by Crippen LogP contribution is 2.44. The maximum absolute atomic E-state index is 5.96. The minimum Gasteiger partial charge on any atom is -0.343 e. The summed E-state index contributed by atoms with van der Waals surface area (Å²) in [6.07, 6.45) is -0.986. The van der Waals surface area contributed by atoms with Crippen molar-refractivity contribution in [3.8, 4) is 0 Å². The summed E-state index contributed by atoms with van der Waals surface area (Å²) < 4.78 is 29.4. The maximum atomic E-state index is 5.96. The van der Waals surface area contributed by atoms with Gasteiger partial charge in [0.15, 0.2) is 17.9 Å². The van der Waals surface area contributed by atoms with E-state index < -0.39 is 11.6 Å². The molecule has 5 nitrogen and oxygen atoms in total. The molecule has 0 bridgehead atoms. The van der Waals surface area contributed by atoms with E-state index in [4.69, 9.17) is 23.7 Å². The molecule has 3 heterocycles. The summed E-state index contributed by atoms with van der Waals surface area (Å²) in [5.74, 6) is -1.25. The van der Waals surface area contributed by atoms with Gasteiger partial charge in [-0.1, -0.05) is 15.9 Å². The smallest absolute Gasteiger partial charge is 0.190 e. The van der Waals surface area contributed by atoms with E-state index in [0.29, 0.717) is 5.33 Å². The molecular weight excluding hydrogens is 304 g/mol. The van der Waals surface area contributed by atoms with Crippen LogP contribution in [0.5, 0.6) is 0 Å². The summed E-state index contributed by atoms with van der Waals surface area (Å²) in [5, 5.41) is 0.681. The quantitative estimate of drug-likeness (QED) is 0.689. The van der Waals surface area contributed by atoms with Gasteiger partial charge in [0, 0.05) is 5.33 Å². The largest absolute Gasteiger partial charge is 0.343 e. The Morgan fingerprint density at radius 1 is 0.833 bits per heavy atom. The van der Waals surface area contributed by atoms with Crippen molar-refractivity contribution in [1.29, 1.82) is 0 Å². The molecule has 5 atom stereocenters. The molecule has 0 N–H and O–H groups in total. The van der Waals surface area contributed by atoms with E-state index in [9.17, 15) is 0 Å². The molecule has 0 saturated carbocycles. The molecule has 18 heavy (non-hydrogen) atoms. The monoisotopic (exact) mass is 322 g/mol. The first-order valence-corrected chi connectivity index (χ1v) is 7.36. The third-order valence-electron chi connectivity index (χ3n) is 3.40. The number of ether oxygens (including phenoxy) is 5. The minimum absolute atomic E-state index is 0.0875. The van der Waals surface area contributed by atoms with Crippen LogP contribution in [0.15, 0.2) is 0 Å². The Labute approximate surface area is 115 Å². The minimum atomic E-state index is -0.642. The van der Waals surface area contributed by atoms with Gasteiger partial charge in [-0.05, 0) is 27.7 Å². The highest BCUT2D eigenvalue weighted by atomic mass is 79.9. The fourth-order valence-electron chi connectivity index (χ4n) is 2.82. The lowest BCUT2D eigenvalue weighted by Crippen LogP contribution is -2.55. The van der Waals surface area contributed by atoms with Crippen molar-refractivity contribution in [2.24, 2.45) is 0 Å². The average molecular weight is 323 g/mol. The molecule has 3 fully saturated rings. The highest BCUT2D eigenvalue weighted by Gasteiger charge is 2.60. The zero-order valence-corrected chi connectivity index (χ0v) is 12.6. The lowest BCUT2D eigenvalue weighted by atomic mass is 10.0. The molecule has 3 saturated heterocycles. The van der Waals surface area contributed by atoms with Crippen molar-refractivity contribution in [1.82, 2.24) is 0 Å². The fraction of sp³-hybridized carbons (Fsp3) is 1.00. The van der Waals surface area contributed by atoms with Gasteiger partial charge >= 0.3 is 0 Å². The van der Waals surface area contributed by atoms with Crippen molar-refractivity contribution >= 4 is 15.9 Å². The summed E-state index contributed by atoms with van der Waals surface area (Å²) in [6, 6.07) is 0. The first-order valence-electron chi connectivity index (χ1n) is 6.24. The van der Waals surface area contributed by atoms with Crippen LogP contribution in [0, 0.1) is 0 Å². The second kappa shape index (κ2) is 4.14. The normalized spacial score (nSPS) is 48.8. The SMILES string of the molecule is CC1(C)O[C@H]2[C@@H](O1)[C@H](CBr)O[C@@H]1OC(C)(C)O[C@@H]12. The van der Waals surface area contributed by atoms with Crippen LogP contribution in [-0.2, 0) is 23.7 Å². The maximum Gasteiger partial charge on any atom is 0.190 e. The highest BCUT2D eigenvalue weighted by molar-refractivity contribution is 9.09. The molecule has 3 rings (SSSR count).